The topological polar surface area (TPSA) is 9.23 Å². The van der Waals surface area contributed by atoms with Gasteiger partial charge in [0.05, 0.1) is 6.10 Å². The minimum absolute atomic E-state index is 0.436. The van der Waals surface area contributed by atoms with E-state index in [0.29, 0.717) is 11.5 Å². The van der Waals surface area contributed by atoms with E-state index in [0.717, 1.165) is 11.8 Å². The van der Waals surface area contributed by atoms with Crippen LogP contribution in [0, 0.1) is 17.3 Å². The molecule has 0 aromatic carbocycles. The summed E-state index contributed by atoms with van der Waals surface area (Å²) in [5.41, 5.74) is 0.461. The second kappa shape index (κ2) is 3.84. The van der Waals surface area contributed by atoms with Crippen LogP contribution in [0.5, 0.6) is 0 Å². The summed E-state index contributed by atoms with van der Waals surface area (Å²) < 4.78 is 5.56. The van der Waals surface area contributed by atoms with Gasteiger partial charge >= 0.3 is 0 Å². The smallest absolute Gasteiger partial charge is 0.0596 e. The Bertz CT molecular complexity index is 187. The maximum absolute atomic E-state index is 5.56. The molecule has 0 aromatic heterocycles. The van der Waals surface area contributed by atoms with Crippen LogP contribution in [0.25, 0.3) is 0 Å². The molecule has 0 spiro atoms. The highest BCUT2D eigenvalue weighted by atomic mass is 16.5. The molecular formula is C13H24O. The van der Waals surface area contributed by atoms with Crippen molar-refractivity contribution in [3.63, 3.8) is 0 Å². The van der Waals surface area contributed by atoms with Gasteiger partial charge in [0.15, 0.2) is 0 Å². The van der Waals surface area contributed by atoms with E-state index >= 15 is 0 Å². The molecule has 2 rings (SSSR count). The Hall–Kier alpha value is -0.0400. The lowest BCUT2D eigenvalue weighted by Crippen LogP contribution is -2.41. The first-order valence-electron chi connectivity index (χ1n) is 6.17. The fourth-order valence-corrected chi connectivity index (χ4v) is 3.79. The molecule has 0 amide bonds. The second-order valence-electron chi connectivity index (χ2n) is 5.84. The number of ether oxygens (including phenoxy) is 1. The zero-order valence-electron chi connectivity index (χ0n) is 9.88. The third kappa shape index (κ3) is 1.84. The van der Waals surface area contributed by atoms with Crippen LogP contribution in [-0.2, 0) is 4.74 Å². The third-order valence-electron chi connectivity index (χ3n) is 4.74. The predicted molar refractivity (Wildman–Crippen MR) is 59.3 cm³/mol. The van der Waals surface area contributed by atoms with Gasteiger partial charge in [-0.15, -0.1) is 0 Å². The Labute approximate surface area is 88.2 Å². The van der Waals surface area contributed by atoms with Crippen LogP contribution in [0.4, 0.5) is 0 Å². The summed E-state index contributed by atoms with van der Waals surface area (Å²) in [6, 6.07) is 0. The zero-order valence-corrected chi connectivity index (χ0v) is 9.88. The molecule has 0 N–H and O–H groups in total. The molecule has 2 aliphatic carbocycles. The molecule has 0 aromatic rings. The van der Waals surface area contributed by atoms with Gasteiger partial charge in [0, 0.05) is 7.11 Å². The third-order valence-corrected chi connectivity index (χ3v) is 4.74. The summed E-state index contributed by atoms with van der Waals surface area (Å²) >= 11 is 0. The maximum atomic E-state index is 5.56. The molecule has 2 fully saturated rings. The van der Waals surface area contributed by atoms with Crippen LogP contribution < -0.4 is 0 Å². The van der Waals surface area contributed by atoms with Gasteiger partial charge in [0.2, 0.25) is 0 Å². The molecule has 3 atom stereocenters. The van der Waals surface area contributed by atoms with Gasteiger partial charge < -0.3 is 4.74 Å². The van der Waals surface area contributed by atoms with Crippen LogP contribution in [0.1, 0.15) is 52.4 Å². The van der Waals surface area contributed by atoms with E-state index in [2.05, 4.69) is 13.8 Å². The minimum atomic E-state index is 0.436. The van der Waals surface area contributed by atoms with Crippen LogP contribution in [0.3, 0.4) is 0 Å². The zero-order chi connectivity index (χ0) is 10.2. The second-order valence-corrected chi connectivity index (χ2v) is 5.84. The van der Waals surface area contributed by atoms with Crippen molar-refractivity contribution in [1.29, 1.82) is 0 Å². The highest BCUT2D eigenvalue weighted by Crippen LogP contribution is 2.50. The van der Waals surface area contributed by atoms with Gasteiger partial charge in [-0.05, 0) is 43.4 Å². The van der Waals surface area contributed by atoms with E-state index in [1.807, 2.05) is 7.11 Å². The van der Waals surface area contributed by atoms with Crippen LogP contribution in [0.15, 0.2) is 0 Å². The SMILES string of the molecule is COC(C)C1(C)CC2CCCC(C2)C1. The summed E-state index contributed by atoms with van der Waals surface area (Å²) in [4.78, 5) is 0. The summed E-state index contributed by atoms with van der Waals surface area (Å²) in [5, 5.41) is 0. The van der Waals surface area contributed by atoms with Gasteiger partial charge in [-0.1, -0.05) is 26.2 Å². The standard InChI is InChI=1S/C13H24O/c1-10(14-3)13(2)8-11-5-4-6-12(7-11)9-13/h10-12H,4-9H2,1-3H3. The number of hydrogen-bond acceptors (Lipinski definition) is 1. The van der Waals surface area contributed by atoms with Crippen molar-refractivity contribution in [1.82, 2.24) is 0 Å². The van der Waals surface area contributed by atoms with Crippen molar-refractivity contribution in [2.75, 3.05) is 7.11 Å². The molecule has 2 saturated carbocycles. The largest absolute Gasteiger partial charge is 0.381 e. The van der Waals surface area contributed by atoms with Crippen LogP contribution in [-0.4, -0.2) is 13.2 Å². The Balaban J connectivity index is 2.06. The molecule has 14 heavy (non-hydrogen) atoms. The van der Waals surface area contributed by atoms with E-state index in [1.54, 1.807) is 0 Å². The van der Waals surface area contributed by atoms with E-state index in [4.69, 9.17) is 4.74 Å². The van der Waals surface area contributed by atoms with E-state index in [1.165, 1.54) is 38.5 Å². The molecule has 0 heterocycles. The van der Waals surface area contributed by atoms with E-state index in [-0.39, 0.29) is 0 Å². The molecule has 2 bridgehead atoms. The lowest BCUT2D eigenvalue weighted by molar-refractivity contribution is -0.0508. The van der Waals surface area contributed by atoms with Gasteiger partial charge in [-0.25, -0.2) is 0 Å². The number of hydrogen-bond donors (Lipinski definition) is 0. The van der Waals surface area contributed by atoms with Crippen molar-refractivity contribution >= 4 is 0 Å². The molecule has 1 nitrogen and oxygen atoms in total. The summed E-state index contributed by atoms with van der Waals surface area (Å²) in [6.07, 6.45) is 9.17. The summed E-state index contributed by atoms with van der Waals surface area (Å²) in [6.45, 7) is 4.69. The quantitative estimate of drug-likeness (QED) is 0.655. The van der Waals surface area contributed by atoms with Gasteiger partial charge in [0.1, 0.15) is 0 Å². The highest BCUT2D eigenvalue weighted by molar-refractivity contribution is 4.92. The van der Waals surface area contributed by atoms with Crippen LogP contribution in [0.2, 0.25) is 0 Å². The van der Waals surface area contributed by atoms with Crippen molar-refractivity contribution < 1.29 is 4.74 Å². The molecule has 2 aliphatic rings. The minimum Gasteiger partial charge on any atom is -0.381 e. The first-order valence-corrected chi connectivity index (χ1v) is 6.17. The molecule has 0 radical (unpaired) electrons. The molecular weight excluding hydrogens is 172 g/mol. The monoisotopic (exact) mass is 196 g/mol. The average molecular weight is 196 g/mol. The highest BCUT2D eigenvalue weighted by Gasteiger charge is 2.42. The Morgan fingerprint density at radius 3 is 2.29 bits per heavy atom. The fraction of sp³-hybridized carbons (Fsp3) is 1.00. The van der Waals surface area contributed by atoms with Crippen molar-refractivity contribution in [3.05, 3.63) is 0 Å². The Morgan fingerprint density at radius 1 is 1.21 bits per heavy atom. The summed E-state index contributed by atoms with van der Waals surface area (Å²) in [7, 11) is 1.86. The van der Waals surface area contributed by atoms with Crippen molar-refractivity contribution in [2.24, 2.45) is 17.3 Å². The fourth-order valence-electron chi connectivity index (χ4n) is 3.79. The molecule has 1 heteroatoms. The van der Waals surface area contributed by atoms with E-state index in [9.17, 15) is 0 Å². The summed E-state index contributed by atoms with van der Waals surface area (Å²) in [5.74, 6) is 2.01. The molecule has 3 unspecified atom stereocenters. The van der Waals surface area contributed by atoms with E-state index < -0.39 is 0 Å². The van der Waals surface area contributed by atoms with Crippen LogP contribution >= 0.6 is 0 Å². The molecule has 82 valence electrons. The average Bonchev–Trinajstić information content (AvgIpc) is 2.15. The maximum Gasteiger partial charge on any atom is 0.0596 e. The van der Waals surface area contributed by atoms with Gasteiger partial charge in [-0.3, -0.25) is 0 Å². The Morgan fingerprint density at radius 2 is 1.79 bits per heavy atom. The number of fused-ring (bicyclic) bond motifs is 2. The first kappa shape index (κ1) is 10.5. The lowest BCUT2D eigenvalue weighted by atomic mass is 9.60. The molecule has 0 saturated heterocycles. The van der Waals surface area contributed by atoms with Crippen molar-refractivity contribution in [2.45, 2.75) is 58.5 Å². The Kier molecular flexibility index (Phi) is 2.88. The number of rotatable bonds is 2. The van der Waals surface area contributed by atoms with Gasteiger partial charge in [0.25, 0.3) is 0 Å². The lowest BCUT2D eigenvalue weighted by Gasteiger charge is -2.48. The van der Waals surface area contributed by atoms with Gasteiger partial charge in [-0.2, -0.15) is 0 Å². The first-order chi connectivity index (χ1) is 6.64. The number of methoxy groups -OCH3 is 1. The molecule has 0 aliphatic heterocycles. The normalized spacial score (nSPS) is 44.8. The van der Waals surface area contributed by atoms with Crippen molar-refractivity contribution in [3.8, 4) is 0 Å². The predicted octanol–water partition coefficient (Wildman–Crippen LogP) is 3.63.